The SMILES string of the molecule is Cc1ccc(NC(=O)NC(=O)CCCl)c(F)c1. The van der Waals surface area contributed by atoms with Gasteiger partial charge in [-0.05, 0) is 24.6 Å². The molecule has 0 aliphatic heterocycles. The Hall–Kier alpha value is -1.62. The number of anilines is 1. The van der Waals surface area contributed by atoms with Crippen molar-refractivity contribution < 1.29 is 14.0 Å². The number of carbonyl (C=O) groups excluding carboxylic acids is 2. The maximum atomic E-state index is 13.3. The maximum absolute atomic E-state index is 13.3. The molecule has 0 fully saturated rings. The number of carbonyl (C=O) groups is 2. The number of alkyl halides is 1. The number of nitrogens with one attached hydrogen (secondary N) is 2. The molecular weight excluding hydrogens is 247 g/mol. The minimum atomic E-state index is -0.775. The molecule has 2 N–H and O–H groups in total. The summed E-state index contributed by atoms with van der Waals surface area (Å²) in [5.74, 6) is -0.937. The van der Waals surface area contributed by atoms with Crippen molar-refractivity contribution in [3.8, 4) is 0 Å². The van der Waals surface area contributed by atoms with Gasteiger partial charge in [0, 0.05) is 12.3 Å². The van der Waals surface area contributed by atoms with Crippen molar-refractivity contribution in [3.63, 3.8) is 0 Å². The van der Waals surface area contributed by atoms with E-state index in [-0.39, 0.29) is 18.0 Å². The van der Waals surface area contributed by atoms with E-state index in [2.05, 4.69) is 5.32 Å². The average molecular weight is 259 g/mol. The van der Waals surface area contributed by atoms with Crippen LogP contribution in [-0.2, 0) is 4.79 Å². The lowest BCUT2D eigenvalue weighted by Crippen LogP contribution is -2.34. The van der Waals surface area contributed by atoms with Gasteiger partial charge >= 0.3 is 6.03 Å². The molecule has 1 aromatic rings. The van der Waals surface area contributed by atoms with Crippen LogP contribution in [0.4, 0.5) is 14.9 Å². The first-order valence-corrected chi connectivity index (χ1v) is 5.49. The summed E-state index contributed by atoms with van der Waals surface area (Å²) in [4.78, 5) is 22.3. The molecule has 0 saturated carbocycles. The van der Waals surface area contributed by atoms with Crippen LogP contribution in [0.2, 0.25) is 0 Å². The fraction of sp³-hybridized carbons (Fsp3) is 0.273. The van der Waals surface area contributed by atoms with Gasteiger partial charge in [0.2, 0.25) is 5.91 Å². The highest BCUT2D eigenvalue weighted by atomic mass is 35.5. The number of hydrogen-bond acceptors (Lipinski definition) is 2. The summed E-state index contributed by atoms with van der Waals surface area (Å²) in [6.07, 6.45) is 0.0331. The zero-order valence-corrected chi connectivity index (χ0v) is 9.97. The van der Waals surface area contributed by atoms with Crippen LogP contribution in [0.5, 0.6) is 0 Å². The fourth-order valence-electron chi connectivity index (χ4n) is 1.15. The van der Waals surface area contributed by atoms with Crippen LogP contribution in [0, 0.1) is 12.7 Å². The molecule has 3 amide bonds. The molecular formula is C11H12ClFN2O2. The number of hydrogen-bond donors (Lipinski definition) is 2. The minimum absolute atomic E-state index is 0.0202. The first-order chi connectivity index (χ1) is 8.02. The number of benzene rings is 1. The molecule has 92 valence electrons. The largest absolute Gasteiger partial charge is 0.325 e. The van der Waals surface area contributed by atoms with Gasteiger partial charge in [0.15, 0.2) is 0 Å². The lowest BCUT2D eigenvalue weighted by Gasteiger charge is -2.07. The van der Waals surface area contributed by atoms with E-state index in [4.69, 9.17) is 11.6 Å². The van der Waals surface area contributed by atoms with Crippen molar-refractivity contribution in [2.45, 2.75) is 13.3 Å². The molecule has 0 bridgehead atoms. The fourth-order valence-corrected chi connectivity index (χ4v) is 1.32. The second-order valence-electron chi connectivity index (χ2n) is 3.42. The first kappa shape index (κ1) is 13.4. The maximum Gasteiger partial charge on any atom is 0.325 e. The average Bonchev–Trinajstić information content (AvgIpc) is 2.22. The summed E-state index contributed by atoms with van der Waals surface area (Å²) in [7, 11) is 0. The van der Waals surface area contributed by atoms with E-state index >= 15 is 0 Å². The Balaban J connectivity index is 2.59. The number of amides is 3. The first-order valence-electron chi connectivity index (χ1n) is 4.96. The van der Waals surface area contributed by atoms with Gasteiger partial charge in [0.25, 0.3) is 0 Å². The van der Waals surface area contributed by atoms with Crippen molar-refractivity contribution in [2.24, 2.45) is 0 Å². The molecule has 4 nitrogen and oxygen atoms in total. The third-order valence-electron chi connectivity index (χ3n) is 1.95. The molecule has 0 saturated heterocycles. The number of imide groups is 1. The topological polar surface area (TPSA) is 58.2 Å². The number of urea groups is 1. The van der Waals surface area contributed by atoms with E-state index in [0.29, 0.717) is 0 Å². The van der Waals surface area contributed by atoms with Crippen molar-refractivity contribution in [1.29, 1.82) is 0 Å². The van der Waals surface area contributed by atoms with E-state index in [0.717, 1.165) is 5.56 Å². The van der Waals surface area contributed by atoms with Gasteiger partial charge in [-0.15, -0.1) is 11.6 Å². The molecule has 0 aliphatic carbocycles. The second-order valence-corrected chi connectivity index (χ2v) is 3.80. The molecule has 0 radical (unpaired) electrons. The molecule has 0 heterocycles. The van der Waals surface area contributed by atoms with E-state index in [1.807, 2.05) is 5.32 Å². The summed E-state index contributed by atoms with van der Waals surface area (Å²) in [6.45, 7) is 1.73. The van der Waals surface area contributed by atoms with Crippen LogP contribution >= 0.6 is 11.6 Å². The molecule has 0 aliphatic rings. The Bertz CT molecular complexity index is 437. The predicted molar refractivity (Wildman–Crippen MR) is 63.6 cm³/mol. The summed E-state index contributed by atoms with van der Waals surface area (Å²) >= 11 is 5.33. The third-order valence-corrected chi connectivity index (χ3v) is 2.14. The van der Waals surface area contributed by atoms with E-state index in [9.17, 15) is 14.0 Å². The Labute approximate surface area is 103 Å². The zero-order chi connectivity index (χ0) is 12.8. The second kappa shape index (κ2) is 6.20. The van der Waals surface area contributed by atoms with Crippen molar-refractivity contribution in [2.75, 3.05) is 11.2 Å². The van der Waals surface area contributed by atoms with E-state index in [1.165, 1.54) is 12.1 Å². The minimum Gasteiger partial charge on any atom is -0.305 e. The highest BCUT2D eigenvalue weighted by Crippen LogP contribution is 2.14. The molecule has 1 aromatic carbocycles. The molecule has 0 atom stereocenters. The molecule has 0 spiro atoms. The van der Waals surface area contributed by atoms with Gasteiger partial charge in [-0.2, -0.15) is 0 Å². The van der Waals surface area contributed by atoms with Gasteiger partial charge in [0.05, 0.1) is 5.69 Å². The van der Waals surface area contributed by atoms with Crippen LogP contribution in [-0.4, -0.2) is 17.8 Å². The number of halogens is 2. The van der Waals surface area contributed by atoms with Crippen LogP contribution in [0.1, 0.15) is 12.0 Å². The smallest absolute Gasteiger partial charge is 0.305 e. The molecule has 17 heavy (non-hydrogen) atoms. The number of rotatable bonds is 3. The Morgan fingerprint density at radius 3 is 2.71 bits per heavy atom. The summed E-state index contributed by atoms with van der Waals surface area (Å²) < 4.78 is 13.3. The lowest BCUT2D eigenvalue weighted by atomic mass is 10.2. The van der Waals surface area contributed by atoms with Gasteiger partial charge in [-0.25, -0.2) is 9.18 Å². The van der Waals surface area contributed by atoms with Crippen molar-refractivity contribution in [3.05, 3.63) is 29.6 Å². The van der Waals surface area contributed by atoms with E-state index in [1.54, 1.807) is 13.0 Å². The Kier molecular flexibility index (Phi) is 4.90. The van der Waals surface area contributed by atoms with Gasteiger partial charge in [-0.3, -0.25) is 10.1 Å². The molecule has 6 heteroatoms. The zero-order valence-electron chi connectivity index (χ0n) is 9.22. The van der Waals surface area contributed by atoms with Crippen LogP contribution < -0.4 is 10.6 Å². The molecule has 0 aromatic heterocycles. The van der Waals surface area contributed by atoms with Crippen LogP contribution in [0.3, 0.4) is 0 Å². The molecule has 1 rings (SSSR count). The Morgan fingerprint density at radius 1 is 1.41 bits per heavy atom. The highest BCUT2D eigenvalue weighted by molar-refractivity contribution is 6.19. The quantitative estimate of drug-likeness (QED) is 0.818. The normalized spacial score (nSPS) is 9.82. The van der Waals surface area contributed by atoms with Crippen LogP contribution in [0.15, 0.2) is 18.2 Å². The Morgan fingerprint density at radius 2 is 2.12 bits per heavy atom. The number of aryl methyl sites for hydroxylation is 1. The van der Waals surface area contributed by atoms with Crippen molar-refractivity contribution in [1.82, 2.24) is 5.32 Å². The van der Waals surface area contributed by atoms with E-state index < -0.39 is 17.8 Å². The van der Waals surface area contributed by atoms with Gasteiger partial charge in [-0.1, -0.05) is 6.07 Å². The third kappa shape index (κ3) is 4.40. The monoisotopic (exact) mass is 258 g/mol. The standard InChI is InChI=1S/C11H12ClFN2O2/c1-7-2-3-9(8(13)6-7)14-11(17)15-10(16)4-5-12/h2-3,6H,4-5H2,1H3,(H2,14,15,16,17). The van der Waals surface area contributed by atoms with Crippen molar-refractivity contribution >= 4 is 29.2 Å². The highest BCUT2D eigenvalue weighted by Gasteiger charge is 2.09. The lowest BCUT2D eigenvalue weighted by molar-refractivity contribution is -0.119. The summed E-state index contributed by atoms with van der Waals surface area (Å²) in [5.41, 5.74) is 0.762. The summed E-state index contributed by atoms with van der Waals surface area (Å²) in [6, 6.07) is 3.59. The summed E-state index contributed by atoms with van der Waals surface area (Å²) in [5, 5.41) is 4.27. The van der Waals surface area contributed by atoms with Gasteiger partial charge in [0.1, 0.15) is 5.82 Å². The van der Waals surface area contributed by atoms with Crippen LogP contribution in [0.25, 0.3) is 0 Å². The predicted octanol–water partition coefficient (Wildman–Crippen LogP) is 2.41. The van der Waals surface area contributed by atoms with Gasteiger partial charge < -0.3 is 5.32 Å². The molecule has 0 unspecified atom stereocenters.